The molecule has 20 heavy (non-hydrogen) atoms. The van der Waals surface area contributed by atoms with E-state index in [0.29, 0.717) is 18.0 Å². The molecule has 1 amide bonds. The van der Waals surface area contributed by atoms with Crippen LogP contribution in [0.4, 0.5) is 0 Å². The van der Waals surface area contributed by atoms with E-state index in [4.69, 9.17) is 5.73 Å². The van der Waals surface area contributed by atoms with Gasteiger partial charge in [0.05, 0.1) is 11.1 Å². The number of aromatic amines is 1. The summed E-state index contributed by atoms with van der Waals surface area (Å²) in [6, 6.07) is 7.88. The van der Waals surface area contributed by atoms with E-state index < -0.39 is 0 Å². The molecule has 0 fully saturated rings. The fraction of sp³-hybridized carbons (Fsp3) is 0.438. The highest BCUT2D eigenvalue weighted by molar-refractivity contribution is 6.05. The Kier molecular flexibility index (Phi) is 4.45. The van der Waals surface area contributed by atoms with Crippen LogP contribution in [0.25, 0.3) is 10.9 Å². The maximum atomic E-state index is 12.5. The number of hydrogen-bond acceptors (Lipinski definition) is 2. The SMILES string of the molecule is CC(C)C(N)CCN(C)C(=O)c1cccc2cc[nH]c12. The van der Waals surface area contributed by atoms with Gasteiger partial charge in [0.2, 0.25) is 0 Å². The molecule has 0 saturated heterocycles. The van der Waals surface area contributed by atoms with E-state index in [0.717, 1.165) is 17.3 Å². The average Bonchev–Trinajstić information content (AvgIpc) is 2.91. The third-order valence-corrected chi connectivity index (χ3v) is 3.82. The van der Waals surface area contributed by atoms with Crippen LogP contribution in [0.15, 0.2) is 30.5 Å². The third-order valence-electron chi connectivity index (χ3n) is 3.82. The van der Waals surface area contributed by atoms with Gasteiger partial charge in [0.25, 0.3) is 5.91 Å². The lowest BCUT2D eigenvalue weighted by Crippen LogP contribution is -2.34. The highest BCUT2D eigenvalue weighted by Gasteiger charge is 2.16. The standard InChI is InChI=1S/C16H23N3O/c1-11(2)14(17)8-10-19(3)16(20)13-6-4-5-12-7-9-18-15(12)13/h4-7,9,11,14,18H,8,10,17H2,1-3H3. The van der Waals surface area contributed by atoms with Crippen molar-refractivity contribution in [1.29, 1.82) is 0 Å². The van der Waals surface area contributed by atoms with E-state index >= 15 is 0 Å². The molecule has 1 aromatic heterocycles. The Morgan fingerprint density at radius 2 is 2.10 bits per heavy atom. The first-order valence-electron chi connectivity index (χ1n) is 7.08. The van der Waals surface area contributed by atoms with Crippen molar-refractivity contribution in [3.05, 3.63) is 36.0 Å². The fourth-order valence-corrected chi connectivity index (χ4v) is 2.25. The number of carbonyl (C=O) groups is 1. The molecule has 108 valence electrons. The number of aromatic nitrogens is 1. The number of amides is 1. The summed E-state index contributed by atoms with van der Waals surface area (Å²) in [5.41, 5.74) is 7.65. The Morgan fingerprint density at radius 1 is 1.35 bits per heavy atom. The molecule has 0 aliphatic carbocycles. The van der Waals surface area contributed by atoms with Crippen molar-refractivity contribution < 1.29 is 4.79 Å². The predicted octanol–water partition coefficient (Wildman–Crippen LogP) is 2.61. The van der Waals surface area contributed by atoms with Gasteiger partial charge in [-0.25, -0.2) is 0 Å². The van der Waals surface area contributed by atoms with Crippen molar-refractivity contribution in [3.8, 4) is 0 Å². The van der Waals surface area contributed by atoms with E-state index in [1.807, 2.05) is 37.5 Å². The molecule has 4 nitrogen and oxygen atoms in total. The van der Waals surface area contributed by atoms with Crippen molar-refractivity contribution >= 4 is 16.8 Å². The molecule has 1 aromatic carbocycles. The largest absolute Gasteiger partial charge is 0.361 e. The van der Waals surface area contributed by atoms with Gasteiger partial charge in [-0.1, -0.05) is 26.0 Å². The molecule has 1 heterocycles. The topological polar surface area (TPSA) is 62.1 Å². The predicted molar refractivity (Wildman–Crippen MR) is 82.7 cm³/mol. The molecule has 0 bridgehead atoms. The van der Waals surface area contributed by atoms with Crippen molar-refractivity contribution in [2.45, 2.75) is 26.3 Å². The number of para-hydroxylation sites is 1. The molecular weight excluding hydrogens is 250 g/mol. The first-order chi connectivity index (χ1) is 9.50. The van der Waals surface area contributed by atoms with Crippen LogP contribution < -0.4 is 5.73 Å². The van der Waals surface area contributed by atoms with Crippen molar-refractivity contribution in [2.75, 3.05) is 13.6 Å². The molecule has 1 atom stereocenters. The zero-order valence-corrected chi connectivity index (χ0v) is 12.4. The Hall–Kier alpha value is -1.81. The van der Waals surface area contributed by atoms with E-state index in [2.05, 4.69) is 18.8 Å². The molecular formula is C16H23N3O. The van der Waals surface area contributed by atoms with Gasteiger partial charge in [-0.05, 0) is 24.5 Å². The summed E-state index contributed by atoms with van der Waals surface area (Å²) < 4.78 is 0. The number of nitrogens with two attached hydrogens (primary N) is 1. The number of hydrogen-bond donors (Lipinski definition) is 2. The molecule has 0 aliphatic rings. The van der Waals surface area contributed by atoms with Gasteiger partial charge in [0.15, 0.2) is 0 Å². The van der Waals surface area contributed by atoms with Gasteiger partial charge in [-0.3, -0.25) is 4.79 Å². The maximum absolute atomic E-state index is 12.5. The second-order valence-corrected chi connectivity index (χ2v) is 5.67. The van der Waals surface area contributed by atoms with E-state index in [1.165, 1.54) is 0 Å². The van der Waals surface area contributed by atoms with Crippen molar-refractivity contribution in [1.82, 2.24) is 9.88 Å². The number of benzene rings is 1. The molecule has 2 aromatic rings. The van der Waals surface area contributed by atoms with Crippen molar-refractivity contribution in [3.63, 3.8) is 0 Å². The van der Waals surface area contributed by atoms with Gasteiger partial charge in [0, 0.05) is 31.2 Å². The van der Waals surface area contributed by atoms with E-state index in [1.54, 1.807) is 4.90 Å². The average molecular weight is 273 g/mol. The Bertz CT molecular complexity index is 588. The van der Waals surface area contributed by atoms with Crippen LogP contribution >= 0.6 is 0 Å². The van der Waals surface area contributed by atoms with Crippen LogP contribution in [0.1, 0.15) is 30.6 Å². The zero-order valence-electron chi connectivity index (χ0n) is 12.4. The molecule has 0 radical (unpaired) electrons. The van der Waals surface area contributed by atoms with Crippen molar-refractivity contribution in [2.24, 2.45) is 11.7 Å². The summed E-state index contributed by atoms with van der Waals surface area (Å²) in [4.78, 5) is 17.4. The summed E-state index contributed by atoms with van der Waals surface area (Å²) in [7, 11) is 1.83. The monoisotopic (exact) mass is 273 g/mol. The van der Waals surface area contributed by atoms with Crippen LogP contribution in [0.2, 0.25) is 0 Å². The normalized spacial score (nSPS) is 12.8. The molecule has 0 saturated carbocycles. The Morgan fingerprint density at radius 3 is 2.80 bits per heavy atom. The van der Waals surface area contributed by atoms with Crippen LogP contribution in [0, 0.1) is 5.92 Å². The Balaban J connectivity index is 2.09. The minimum absolute atomic E-state index is 0.0361. The number of carbonyl (C=O) groups excluding carboxylic acids is 1. The van der Waals surface area contributed by atoms with Gasteiger partial charge in [-0.2, -0.15) is 0 Å². The van der Waals surface area contributed by atoms with E-state index in [9.17, 15) is 4.79 Å². The third kappa shape index (κ3) is 3.02. The molecule has 2 rings (SSSR count). The van der Waals surface area contributed by atoms with Gasteiger partial charge in [-0.15, -0.1) is 0 Å². The molecule has 1 unspecified atom stereocenters. The second kappa shape index (κ2) is 6.09. The first kappa shape index (κ1) is 14.6. The first-order valence-corrected chi connectivity index (χ1v) is 7.08. The number of H-pyrrole nitrogens is 1. The highest BCUT2D eigenvalue weighted by atomic mass is 16.2. The molecule has 4 heteroatoms. The maximum Gasteiger partial charge on any atom is 0.255 e. The number of fused-ring (bicyclic) bond motifs is 1. The minimum Gasteiger partial charge on any atom is -0.361 e. The lowest BCUT2D eigenvalue weighted by atomic mass is 10.0. The molecule has 0 spiro atoms. The molecule has 0 aliphatic heterocycles. The smallest absolute Gasteiger partial charge is 0.255 e. The fourth-order valence-electron chi connectivity index (χ4n) is 2.25. The van der Waals surface area contributed by atoms with Crippen LogP contribution in [-0.4, -0.2) is 35.4 Å². The lowest BCUT2D eigenvalue weighted by Gasteiger charge is -2.21. The van der Waals surface area contributed by atoms with Crippen LogP contribution in [0.3, 0.4) is 0 Å². The summed E-state index contributed by atoms with van der Waals surface area (Å²) in [6.07, 6.45) is 2.68. The van der Waals surface area contributed by atoms with Gasteiger partial charge < -0.3 is 15.6 Å². The molecule has 3 N–H and O–H groups in total. The number of nitrogens with zero attached hydrogens (tertiary/aromatic N) is 1. The van der Waals surface area contributed by atoms with Crippen LogP contribution in [-0.2, 0) is 0 Å². The number of nitrogens with one attached hydrogen (secondary N) is 1. The summed E-state index contributed by atoms with van der Waals surface area (Å²) >= 11 is 0. The van der Waals surface area contributed by atoms with Gasteiger partial charge >= 0.3 is 0 Å². The second-order valence-electron chi connectivity index (χ2n) is 5.67. The van der Waals surface area contributed by atoms with Crippen LogP contribution in [0.5, 0.6) is 0 Å². The van der Waals surface area contributed by atoms with E-state index in [-0.39, 0.29) is 11.9 Å². The highest BCUT2D eigenvalue weighted by Crippen LogP contribution is 2.18. The summed E-state index contributed by atoms with van der Waals surface area (Å²) in [5, 5.41) is 1.06. The lowest BCUT2D eigenvalue weighted by molar-refractivity contribution is 0.0791. The summed E-state index contributed by atoms with van der Waals surface area (Å²) in [5.74, 6) is 0.472. The summed E-state index contributed by atoms with van der Waals surface area (Å²) in [6.45, 7) is 4.88. The quantitative estimate of drug-likeness (QED) is 0.879. The minimum atomic E-state index is 0.0361. The zero-order chi connectivity index (χ0) is 14.7. The number of rotatable bonds is 5. The Labute approximate surface area is 120 Å². The van der Waals surface area contributed by atoms with Gasteiger partial charge in [0.1, 0.15) is 0 Å².